The van der Waals surface area contributed by atoms with Crippen molar-refractivity contribution in [3.63, 3.8) is 0 Å². The van der Waals surface area contributed by atoms with E-state index in [0.29, 0.717) is 17.6 Å². The van der Waals surface area contributed by atoms with Crippen LogP contribution in [0.3, 0.4) is 0 Å². The summed E-state index contributed by atoms with van der Waals surface area (Å²) in [4.78, 5) is 12.5. The summed E-state index contributed by atoms with van der Waals surface area (Å²) in [5.74, 6) is 6.46. The Labute approximate surface area is 119 Å². The zero-order valence-corrected chi connectivity index (χ0v) is 11.4. The molecule has 5 saturated carbocycles. The van der Waals surface area contributed by atoms with Gasteiger partial charge in [0.1, 0.15) is 5.78 Å². The molecule has 8 atom stereocenters. The molecule has 1 heteroatoms. The Hall–Kier alpha value is -1.37. The Bertz CT molecular complexity index is 624. The monoisotopic (exact) mass is 262 g/mol. The fourth-order valence-corrected chi connectivity index (χ4v) is 7.04. The minimum Gasteiger partial charge on any atom is -0.299 e. The van der Waals surface area contributed by atoms with E-state index in [9.17, 15) is 4.79 Å². The molecule has 20 heavy (non-hydrogen) atoms. The van der Waals surface area contributed by atoms with Crippen LogP contribution in [0.25, 0.3) is 6.08 Å². The van der Waals surface area contributed by atoms with Crippen molar-refractivity contribution in [3.8, 4) is 0 Å². The maximum Gasteiger partial charge on any atom is 0.139 e. The maximum atomic E-state index is 12.5. The highest BCUT2D eigenvalue weighted by Crippen LogP contribution is 2.80. The van der Waals surface area contributed by atoms with Crippen LogP contribution in [0, 0.1) is 47.3 Å². The van der Waals surface area contributed by atoms with Gasteiger partial charge >= 0.3 is 0 Å². The second-order valence-electron chi connectivity index (χ2n) is 7.66. The Kier molecular flexibility index (Phi) is 1.61. The number of ketones is 1. The molecule has 0 aliphatic heterocycles. The van der Waals surface area contributed by atoms with E-state index in [1.54, 1.807) is 5.57 Å². The molecule has 0 radical (unpaired) electrons. The van der Waals surface area contributed by atoms with Crippen LogP contribution in [0.15, 0.2) is 35.9 Å². The standard InChI is InChI=1S/C19H18O/c20-19-13-7-11-10(6-9-4-2-1-3-5-9)12-8-14(19)18-16(12)15(11)17(13)18/h1-6,11-18H,7-8H2/t11-,12+,13-,14-,15-,16-,17+,18+/m1/s1. The van der Waals surface area contributed by atoms with Crippen LogP contribution in [0.1, 0.15) is 18.4 Å². The van der Waals surface area contributed by atoms with Crippen LogP contribution in [-0.4, -0.2) is 5.78 Å². The number of Topliss-reactive ketones (excluding diaryl/α,β-unsaturated/α-hetero) is 1. The first kappa shape index (κ1) is 10.4. The summed E-state index contributed by atoms with van der Waals surface area (Å²) in [7, 11) is 0. The zero-order chi connectivity index (χ0) is 13.0. The minimum atomic E-state index is 0.455. The highest BCUT2D eigenvalue weighted by atomic mass is 16.1. The van der Waals surface area contributed by atoms with Crippen LogP contribution in [0.2, 0.25) is 0 Å². The summed E-state index contributed by atoms with van der Waals surface area (Å²) in [6, 6.07) is 10.8. The van der Waals surface area contributed by atoms with E-state index in [2.05, 4.69) is 36.4 Å². The lowest BCUT2D eigenvalue weighted by molar-refractivity contribution is -0.124. The molecule has 0 unspecified atom stereocenters. The van der Waals surface area contributed by atoms with Gasteiger partial charge in [-0.3, -0.25) is 4.79 Å². The molecule has 100 valence electrons. The summed E-state index contributed by atoms with van der Waals surface area (Å²) in [6.07, 6.45) is 4.85. The highest BCUT2D eigenvalue weighted by Gasteiger charge is 2.78. The Morgan fingerprint density at radius 3 is 1.95 bits per heavy atom. The lowest BCUT2D eigenvalue weighted by Gasteiger charge is -2.43. The number of carbonyl (C=O) groups is 1. The first-order valence-corrected chi connectivity index (χ1v) is 8.15. The molecule has 1 aromatic carbocycles. The van der Waals surface area contributed by atoms with Gasteiger partial charge in [-0.2, -0.15) is 0 Å². The minimum absolute atomic E-state index is 0.455. The van der Waals surface area contributed by atoms with Crippen molar-refractivity contribution in [2.24, 2.45) is 47.3 Å². The molecule has 0 spiro atoms. The fraction of sp³-hybridized carbons (Fsp3) is 0.526. The van der Waals surface area contributed by atoms with Crippen LogP contribution in [-0.2, 0) is 4.79 Å². The first-order chi connectivity index (χ1) is 9.84. The molecular formula is C19H18O. The van der Waals surface area contributed by atoms with Gasteiger partial charge in [-0.25, -0.2) is 0 Å². The predicted octanol–water partition coefficient (Wildman–Crippen LogP) is 3.42. The van der Waals surface area contributed by atoms with Crippen LogP contribution >= 0.6 is 0 Å². The molecule has 0 aromatic heterocycles. The quantitative estimate of drug-likeness (QED) is 0.758. The largest absolute Gasteiger partial charge is 0.299 e. The molecule has 0 bridgehead atoms. The summed E-state index contributed by atoms with van der Waals surface area (Å²) in [5.41, 5.74) is 3.08. The molecule has 5 aliphatic carbocycles. The van der Waals surface area contributed by atoms with Crippen LogP contribution < -0.4 is 0 Å². The normalized spacial score (nSPS) is 54.8. The van der Waals surface area contributed by atoms with Crippen molar-refractivity contribution >= 4 is 11.9 Å². The Morgan fingerprint density at radius 2 is 1.35 bits per heavy atom. The van der Waals surface area contributed by atoms with E-state index < -0.39 is 0 Å². The third kappa shape index (κ3) is 0.915. The van der Waals surface area contributed by atoms with E-state index in [1.807, 2.05) is 0 Å². The van der Waals surface area contributed by atoms with Crippen LogP contribution in [0.4, 0.5) is 0 Å². The lowest BCUT2D eigenvalue weighted by atomic mass is 9.60. The first-order valence-electron chi connectivity index (χ1n) is 8.15. The van der Waals surface area contributed by atoms with Gasteiger partial charge < -0.3 is 0 Å². The van der Waals surface area contributed by atoms with Crippen molar-refractivity contribution in [2.75, 3.05) is 0 Å². The van der Waals surface area contributed by atoms with Gasteiger partial charge in [-0.05, 0) is 53.9 Å². The Balaban J connectivity index is 1.51. The third-order valence-electron chi connectivity index (χ3n) is 7.37. The van der Waals surface area contributed by atoms with Crippen molar-refractivity contribution < 1.29 is 4.79 Å². The van der Waals surface area contributed by atoms with E-state index in [1.165, 1.54) is 18.4 Å². The molecule has 1 aromatic rings. The zero-order valence-electron chi connectivity index (χ0n) is 11.4. The van der Waals surface area contributed by atoms with Gasteiger partial charge in [0.2, 0.25) is 0 Å². The molecule has 5 aliphatic rings. The lowest BCUT2D eigenvalue weighted by Crippen LogP contribution is -2.41. The van der Waals surface area contributed by atoms with Crippen LogP contribution in [0.5, 0.6) is 0 Å². The average molecular weight is 262 g/mol. The summed E-state index contributed by atoms with van der Waals surface area (Å²) >= 11 is 0. The second kappa shape index (κ2) is 3.10. The molecule has 5 fully saturated rings. The average Bonchev–Trinajstić information content (AvgIpc) is 3.06. The molecule has 0 saturated heterocycles. The third-order valence-corrected chi connectivity index (χ3v) is 7.37. The van der Waals surface area contributed by atoms with E-state index in [-0.39, 0.29) is 0 Å². The number of hydrogen-bond donors (Lipinski definition) is 0. The van der Waals surface area contributed by atoms with Crippen molar-refractivity contribution in [1.29, 1.82) is 0 Å². The molecule has 1 nitrogen and oxygen atoms in total. The highest BCUT2D eigenvalue weighted by molar-refractivity contribution is 5.89. The van der Waals surface area contributed by atoms with Gasteiger partial charge in [0, 0.05) is 11.8 Å². The van der Waals surface area contributed by atoms with Gasteiger partial charge in [0.05, 0.1) is 0 Å². The summed E-state index contributed by atoms with van der Waals surface area (Å²) in [5, 5.41) is 0. The van der Waals surface area contributed by atoms with Gasteiger partial charge in [0.15, 0.2) is 0 Å². The van der Waals surface area contributed by atoms with Gasteiger partial charge in [-0.15, -0.1) is 0 Å². The fourth-order valence-electron chi connectivity index (χ4n) is 7.04. The molecular weight excluding hydrogens is 244 g/mol. The molecule has 6 rings (SSSR count). The molecule has 0 heterocycles. The topological polar surface area (TPSA) is 17.1 Å². The number of benzene rings is 1. The van der Waals surface area contributed by atoms with E-state index >= 15 is 0 Å². The van der Waals surface area contributed by atoms with E-state index in [4.69, 9.17) is 0 Å². The number of carbonyl (C=O) groups excluding carboxylic acids is 1. The summed E-state index contributed by atoms with van der Waals surface area (Å²) in [6.45, 7) is 0. The Morgan fingerprint density at radius 1 is 0.800 bits per heavy atom. The number of hydrogen-bond acceptors (Lipinski definition) is 1. The summed E-state index contributed by atoms with van der Waals surface area (Å²) < 4.78 is 0. The van der Waals surface area contributed by atoms with Gasteiger partial charge in [0.25, 0.3) is 0 Å². The SMILES string of the molecule is O=C1[C@@H]2C[C@H]3C(=Cc4ccccc4)[C@H]4C[C@@H]1[C@H]1[C@H]4[C@@H]3[C@@H]12. The molecule has 0 amide bonds. The molecule has 0 N–H and O–H groups in total. The van der Waals surface area contributed by atoms with Crippen molar-refractivity contribution in [1.82, 2.24) is 0 Å². The number of allylic oxidation sites excluding steroid dienone is 1. The van der Waals surface area contributed by atoms with Crippen molar-refractivity contribution in [2.45, 2.75) is 12.8 Å². The second-order valence-corrected chi connectivity index (χ2v) is 7.66. The van der Waals surface area contributed by atoms with Gasteiger partial charge in [-0.1, -0.05) is 42.0 Å². The van der Waals surface area contributed by atoms with E-state index in [0.717, 1.165) is 35.5 Å². The number of rotatable bonds is 1. The van der Waals surface area contributed by atoms with Crippen molar-refractivity contribution in [3.05, 3.63) is 41.5 Å². The smallest absolute Gasteiger partial charge is 0.139 e. The maximum absolute atomic E-state index is 12.5. The predicted molar refractivity (Wildman–Crippen MR) is 76.6 cm³/mol.